The molecule has 2 atom stereocenters. The van der Waals surface area contributed by atoms with Gasteiger partial charge in [-0.15, -0.1) is 0 Å². The fourth-order valence-electron chi connectivity index (χ4n) is 4.01. The molecule has 3 rings (SSSR count). The van der Waals surface area contributed by atoms with Gasteiger partial charge in [-0.3, -0.25) is 0 Å². The summed E-state index contributed by atoms with van der Waals surface area (Å²) >= 11 is 6.24. The van der Waals surface area contributed by atoms with E-state index in [1.54, 1.807) is 0 Å². The summed E-state index contributed by atoms with van der Waals surface area (Å²) in [4.78, 5) is 0. The van der Waals surface area contributed by atoms with Crippen LogP contribution in [0.5, 0.6) is 0 Å². The van der Waals surface area contributed by atoms with Crippen LogP contribution in [0.2, 0.25) is 5.02 Å². The second-order valence-electron chi connectivity index (χ2n) is 6.54. The van der Waals surface area contributed by atoms with Crippen molar-refractivity contribution in [2.75, 3.05) is 13.1 Å². The third-order valence-electron chi connectivity index (χ3n) is 5.22. The summed E-state index contributed by atoms with van der Waals surface area (Å²) in [6.07, 6.45) is 4.76. The average Bonchev–Trinajstić information content (AvgIpc) is 2.57. The van der Waals surface area contributed by atoms with Crippen molar-refractivity contribution in [3.63, 3.8) is 0 Å². The van der Waals surface area contributed by atoms with Crippen molar-refractivity contribution in [2.24, 2.45) is 11.8 Å². The van der Waals surface area contributed by atoms with E-state index in [2.05, 4.69) is 44.0 Å². The highest BCUT2D eigenvalue weighted by Gasteiger charge is 2.33. The van der Waals surface area contributed by atoms with Crippen LogP contribution < -0.4 is 5.32 Å². The van der Waals surface area contributed by atoms with Gasteiger partial charge >= 0.3 is 0 Å². The van der Waals surface area contributed by atoms with Gasteiger partial charge in [-0.25, -0.2) is 0 Å². The van der Waals surface area contributed by atoms with Gasteiger partial charge in [-0.2, -0.15) is 0 Å². The summed E-state index contributed by atoms with van der Waals surface area (Å²) in [5, 5.41) is 4.31. The minimum atomic E-state index is 0.491. The second kappa shape index (κ2) is 5.98. The molecule has 0 aromatic heterocycles. The van der Waals surface area contributed by atoms with Gasteiger partial charge < -0.3 is 5.32 Å². The standard InChI is InChI=1S/C19H24ClN/c1-12-10-13(2)18-11-16(20)4-5-17(18)19(14(12)3)15-6-8-21-9-7-15/h4-5,10-11,14-15,19,21H,1,6-9H2,2-3H3. The quantitative estimate of drug-likeness (QED) is 0.767. The highest BCUT2D eigenvalue weighted by atomic mass is 35.5. The van der Waals surface area contributed by atoms with Crippen LogP contribution in [-0.4, -0.2) is 13.1 Å². The van der Waals surface area contributed by atoms with E-state index in [0.29, 0.717) is 11.8 Å². The van der Waals surface area contributed by atoms with E-state index in [0.717, 1.165) is 24.0 Å². The summed E-state index contributed by atoms with van der Waals surface area (Å²) in [6.45, 7) is 11.1. The molecule has 1 N–H and O–H groups in total. The fraction of sp³-hybridized carbons (Fsp3) is 0.474. The Kier molecular flexibility index (Phi) is 4.24. The van der Waals surface area contributed by atoms with Crippen LogP contribution in [0.3, 0.4) is 0 Å². The first-order valence-corrected chi connectivity index (χ1v) is 8.33. The van der Waals surface area contributed by atoms with Crippen LogP contribution in [0, 0.1) is 11.8 Å². The fourth-order valence-corrected chi connectivity index (χ4v) is 4.19. The van der Waals surface area contributed by atoms with Crippen LogP contribution >= 0.6 is 11.6 Å². The van der Waals surface area contributed by atoms with Crippen LogP contribution in [-0.2, 0) is 0 Å². The molecule has 1 fully saturated rings. The molecule has 1 aliphatic carbocycles. The molecule has 1 saturated heterocycles. The second-order valence-corrected chi connectivity index (χ2v) is 6.97. The Morgan fingerprint density at radius 3 is 2.67 bits per heavy atom. The SMILES string of the molecule is C=C1C=C(C)c2cc(Cl)ccc2C(C2CCNCC2)C1C. The van der Waals surface area contributed by atoms with Crippen molar-refractivity contribution in [1.29, 1.82) is 0 Å². The zero-order valence-corrected chi connectivity index (χ0v) is 13.7. The predicted octanol–water partition coefficient (Wildman–Crippen LogP) is 5.03. The molecule has 0 radical (unpaired) electrons. The predicted molar refractivity (Wildman–Crippen MR) is 91.7 cm³/mol. The third kappa shape index (κ3) is 2.82. The maximum absolute atomic E-state index is 6.24. The van der Waals surface area contributed by atoms with Gasteiger partial charge in [-0.05, 0) is 79.4 Å². The van der Waals surface area contributed by atoms with Gasteiger partial charge in [0.1, 0.15) is 0 Å². The molecule has 0 spiro atoms. The lowest BCUT2D eigenvalue weighted by Crippen LogP contribution is -2.33. The van der Waals surface area contributed by atoms with Gasteiger partial charge in [0, 0.05) is 5.02 Å². The molecular weight excluding hydrogens is 278 g/mol. The smallest absolute Gasteiger partial charge is 0.0412 e. The van der Waals surface area contributed by atoms with E-state index in [1.165, 1.54) is 35.1 Å². The molecular formula is C19H24ClN. The van der Waals surface area contributed by atoms with Gasteiger partial charge in [-0.1, -0.05) is 42.8 Å². The highest BCUT2D eigenvalue weighted by Crippen LogP contribution is 2.45. The van der Waals surface area contributed by atoms with Crippen LogP contribution in [0.15, 0.2) is 36.4 Å². The van der Waals surface area contributed by atoms with Gasteiger partial charge in [0.25, 0.3) is 0 Å². The lowest BCUT2D eigenvalue weighted by molar-refractivity contribution is 0.281. The highest BCUT2D eigenvalue weighted by molar-refractivity contribution is 6.30. The summed E-state index contributed by atoms with van der Waals surface area (Å²) in [7, 11) is 0. The van der Waals surface area contributed by atoms with Crippen molar-refractivity contribution >= 4 is 17.2 Å². The minimum Gasteiger partial charge on any atom is -0.317 e. The first-order valence-electron chi connectivity index (χ1n) is 7.95. The maximum atomic E-state index is 6.24. The number of fused-ring (bicyclic) bond motifs is 1. The topological polar surface area (TPSA) is 12.0 Å². The zero-order chi connectivity index (χ0) is 15.0. The van der Waals surface area contributed by atoms with E-state index >= 15 is 0 Å². The molecule has 1 heterocycles. The Labute approximate surface area is 133 Å². The molecule has 1 aliphatic heterocycles. The summed E-state index contributed by atoms with van der Waals surface area (Å²) in [6, 6.07) is 6.42. The van der Waals surface area contributed by atoms with Crippen molar-refractivity contribution in [2.45, 2.75) is 32.6 Å². The number of halogens is 1. The zero-order valence-electron chi connectivity index (χ0n) is 13.0. The molecule has 21 heavy (non-hydrogen) atoms. The molecule has 0 amide bonds. The van der Waals surface area contributed by atoms with Gasteiger partial charge in [0.05, 0.1) is 0 Å². The van der Waals surface area contributed by atoms with Crippen molar-refractivity contribution in [3.8, 4) is 0 Å². The number of nitrogens with one attached hydrogen (secondary N) is 1. The lowest BCUT2D eigenvalue weighted by atomic mass is 9.71. The van der Waals surface area contributed by atoms with Crippen molar-refractivity contribution in [3.05, 3.63) is 52.6 Å². The number of hydrogen-bond donors (Lipinski definition) is 1. The Balaban J connectivity index is 2.10. The van der Waals surface area contributed by atoms with E-state index < -0.39 is 0 Å². The summed E-state index contributed by atoms with van der Waals surface area (Å²) in [5.74, 6) is 1.78. The van der Waals surface area contributed by atoms with Gasteiger partial charge in [0.2, 0.25) is 0 Å². The van der Waals surface area contributed by atoms with E-state index in [-0.39, 0.29) is 0 Å². The molecule has 2 aliphatic rings. The maximum Gasteiger partial charge on any atom is 0.0412 e. The molecule has 2 heteroatoms. The molecule has 2 unspecified atom stereocenters. The number of rotatable bonds is 1. The third-order valence-corrected chi connectivity index (χ3v) is 5.45. The van der Waals surface area contributed by atoms with E-state index in [9.17, 15) is 0 Å². The first kappa shape index (κ1) is 14.9. The Morgan fingerprint density at radius 2 is 1.95 bits per heavy atom. The van der Waals surface area contributed by atoms with Crippen LogP contribution in [0.25, 0.3) is 5.57 Å². The molecule has 0 bridgehead atoms. The molecule has 1 aromatic carbocycles. The Bertz CT molecular complexity index is 581. The molecule has 1 aromatic rings. The van der Waals surface area contributed by atoms with E-state index in [1.807, 2.05) is 6.07 Å². The summed E-state index contributed by atoms with van der Waals surface area (Å²) < 4.78 is 0. The average molecular weight is 302 g/mol. The van der Waals surface area contributed by atoms with Crippen LogP contribution in [0.1, 0.15) is 43.7 Å². The minimum absolute atomic E-state index is 0.491. The molecule has 1 nitrogen and oxygen atoms in total. The normalized spacial score (nSPS) is 27.0. The lowest BCUT2D eigenvalue weighted by Gasteiger charge is -2.35. The number of allylic oxidation sites excluding steroid dienone is 3. The Hall–Kier alpha value is -1.05. The van der Waals surface area contributed by atoms with E-state index in [4.69, 9.17) is 11.6 Å². The summed E-state index contributed by atoms with van der Waals surface area (Å²) in [5.41, 5.74) is 5.33. The van der Waals surface area contributed by atoms with Crippen molar-refractivity contribution in [1.82, 2.24) is 5.32 Å². The monoisotopic (exact) mass is 301 g/mol. The largest absolute Gasteiger partial charge is 0.317 e. The van der Waals surface area contributed by atoms with Gasteiger partial charge in [0.15, 0.2) is 0 Å². The molecule has 112 valence electrons. The molecule has 0 saturated carbocycles. The number of benzene rings is 1. The number of piperidine rings is 1. The Morgan fingerprint density at radius 1 is 1.24 bits per heavy atom. The van der Waals surface area contributed by atoms with Crippen LogP contribution in [0.4, 0.5) is 0 Å². The number of hydrogen-bond acceptors (Lipinski definition) is 1. The van der Waals surface area contributed by atoms with Crippen molar-refractivity contribution < 1.29 is 0 Å². The first-order chi connectivity index (χ1) is 10.1.